The SMILES string of the molecule is CNc1cc(OC)c2cc1C[C@H]1c3c(cc(OC)c(OC)c3Oc3cc4c(cc3C)CCN(C)[C@H]4Cc3ccc(cc3)O2)CCN1C. The van der Waals surface area contributed by atoms with Crippen molar-refractivity contribution in [3.8, 4) is 40.2 Å². The van der Waals surface area contributed by atoms with E-state index in [4.69, 9.17) is 23.7 Å². The Morgan fingerprint density at radius 2 is 1.45 bits per heavy atom. The zero-order chi connectivity index (χ0) is 32.8. The van der Waals surface area contributed by atoms with Gasteiger partial charge in [-0.1, -0.05) is 18.2 Å². The van der Waals surface area contributed by atoms with Crippen LogP contribution in [-0.4, -0.2) is 65.4 Å². The van der Waals surface area contributed by atoms with Crippen molar-refractivity contribution in [3.63, 3.8) is 0 Å². The van der Waals surface area contributed by atoms with Gasteiger partial charge in [0.05, 0.1) is 21.3 Å². The molecule has 1 N–H and O–H groups in total. The molecule has 0 radical (unpaired) electrons. The predicted octanol–water partition coefficient (Wildman–Crippen LogP) is 7.50. The molecule has 4 aromatic rings. The van der Waals surface area contributed by atoms with Crippen LogP contribution in [0.25, 0.3) is 0 Å². The standard InChI is InChI=1S/C39H45N3O5/c1-23-16-25-12-14-41(3)31-17-24-8-10-28(11-9-24)46-35-20-27(30(40-2)22-34(35)43-5)18-32-37-26(13-15-42(32)4)19-36(44-6)38(45-7)39(37)47-33(23)21-29(25)31/h8-11,16,19-22,31-32,40H,12-15,17-18H2,1-7H3/t31-,32-/m0/s1. The number of benzene rings is 4. The summed E-state index contributed by atoms with van der Waals surface area (Å²) in [6.45, 7) is 4.06. The van der Waals surface area contributed by atoms with Crippen molar-refractivity contribution < 1.29 is 23.7 Å². The van der Waals surface area contributed by atoms with Crippen LogP contribution in [0.1, 0.15) is 51.0 Å². The Balaban J connectivity index is 1.48. The molecule has 8 rings (SSSR count). The molecule has 4 aromatic carbocycles. The van der Waals surface area contributed by atoms with Gasteiger partial charge in [-0.15, -0.1) is 0 Å². The minimum atomic E-state index is -0.00289. The van der Waals surface area contributed by atoms with E-state index in [1.54, 1.807) is 21.3 Å². The van der Waals surface area contributed by atoms with Crippen molar-refractivity contribution in [2.75, 3.05) is 60.9 Å². The van der Waals surface area contributed by atoms with Crippen LogP contribution >= 0.6 is 0 Å². The Labute approximate surface area is 278 Å². The summed E-state index contributed by atoms with van der Waals surface area (Å²) in [5.41, 5.74) is 9.49. The summed E-state index contributed by atoms with van der Waals surface area (Å²) < 4.78 is 31.4. The number of nitrogens with zero attached hydrogens (tertiary/aromatic N) is 2. The van der Waals surface area contributed by atoms with E-state index in [9.17, 15) is 0 Å². The second-order valence-electron chi connectivity index (χ2n) is 13.0. The molecule has 0 aromatic heterocycles. The van der Waals surface area contributed by atoms with E-state index in [0.717, 1.165) is 66.2 Å². The van der Waals surface area contributed by atoms with Gasteiger partial charge in [-0.25, -0.2) is 0 Å². The van der Waals surface area contributed by atoms with Crippen molar-refractivity contribution in [3.05, 3.63) is 93.5 Å². The Hall–Kier alpha value is -4.40. The van der Waals surface area contributed by atoms with Gasteiger partial charge in [0.25, 0.3) is 0 Å². The third-order valence-corrected chi connectivity index (χ3v) is 10.3. The number of ether oxygens (including phenoxy) is 5. The van der Waals surface area contributed by atoms with Crippen LogP contribution in [0.5, 0.6) is 40.2 Å². The molecule has 6 bridgehead atoms. The van der Waals surface area contributed by atoms with Gasteiger partial charge in [0, 0.05) is 49.5 Å². The van der Waals surface area contributed by atoms with Crippen molar-refractivity contribution in [2.45, 2.75) is 44.7 Å². The molecule has 246 valence electrons. The molecule has 4 aliphatic rings. The molecule has 0 amide bonds. The first-order chi connectivity index (χ1) is 22.8. The Morgan fingerprint density at radius 3 is 2.15 bits per heavy atom. The molecule has 2 atom stereocenters. The molecule has 4 aliphatic heterocycles. The number of fused-ring (bicyclic) bond motifs is 2. The van der Waals surface area contributed by atoms with Gasteiger partial charge < -0.3 is 29.0 Å². The lowest BCUT2D eigenvalue weighted by atomic mass is 9.86. The van der Waals surface area contributed by atoms with Crippen molar-refractivity contribution in [1.29, 1.82) is 0 Å². The lowest BCUT2D eigenvalue weighted by Crippen LogP contribution is -2.34. The number of rotatable bonds is 4. The number of nitrogens with one attached hydrogen (secondary N) is 1. The Bertz CT molecular complexity index is 1800. The van der Waals surface area contributed by atoms with Gasteiger partial charge >= 0.3 is 0 Å². The molecule has 0 fully saturated rings. The largest absolute Gasteiger partial charge is 0.493 e. The number of anilines is 1. The second-order valence-corrected chi connectivity index (χ2v) is 13.0. The molecule has 0 unspecified atom stereocenters. The molecule has 8 nitrogen and oxygen atoms in total. The van der Waals surface area contributed by atoms with Crippen LogP contribution in [-0.2, 0) is 25.7 Å². The fourth-order valence-electron chi connectivity index (χ4n) is 7.59. The Morgan fingerprint density at radius 1 is 0.723 bits per heavy atom. The minimum absolute atomic E-state index is 0.00289. The highest BCUT2D eigenvalue weighted by Crippen LogP contribution is 2.51. The third kappa shape index (κ3) is 5.63. The molecule has 47 heavy (non-hydrogen) atoms. The van der Waals surface area contributed by atoms with Gasteiger partial charge in [0.15, 0.2) is 23.0 Å². The van der Waals surface area contributed by atoms with E-state index in [-0.39, 0.29) is 12.1 Å². The van der Waals surface area contributed by atoms with Crippen LogP contribution in [0.3, 0.4) is 0 Å². The molecule has 8 heteroatoms. The predicted molar refractivity (Wildman–Crippen MR) is 185 cm³/mol. The molecule has 0 aliphatic carbocycles. The van der Waals surface area contributed by atoms with Gasteiger partial charge in [-0.2, -0.15) is 0 Å². The summed E-state index contributed by atoms with van der Waals surface area (Å²) in [6.07, 6.45) is 3.47. The van der Waals surface area contributed by atoms with Crippen LogP contribution in [0.2, 0.25) is 0 Å². The highest BCUT2D eigenvalue weighted by molar-refractivity contribution is 5.65. The molecule has 4 heterocycles. The lowest BCUT2D eigenvalue weighted by molar-refractivity contribution is 0.221. The number of hydrogen-bond donors (Lipinski definition) is 1. The third-order valence-electron chi connectivity index (χ3n) is 10.3. The van der Waals surface area contributed by atoms with E-state index >= 15 is 0 Å². The highest BCUT2D eigenvalue weighted by atomic mass is 16.5. The van der Waals surface area contributed by atoms with Crippen molar-refractivity contribution in [1.82, 2.24) is 9.80 Å². The minimum Gasteiger partial charge on any atom is -0.493 e. The van der Waals surface area contributed by atoms with Crippen molar-refractivity contribution >= 4 is 5.69 Å². The summed E-state index contributed by atoms with van der Waals surface area (Å²) in [6, 6.07) is 19.5. The first kappa shape index (κ1) is 31.2. The van der Waals surface area contributed by atoms with Crippen LogP contribution in [0, 0.1) is 6.92 Å². The number of aryl methyl sites for hydroxylation is 1. The molecule has 0 saturated carbocycles. The van der Waals surface area contributed by atoms with Gasteiger partial charge in [0.1, 0.15) is 11.5 Å². The monoisotopic (exact) mass is 635 g/mol. The van der Waals surface area contributed by atoms with Crippen molar-refractivity contribution in [2.24, 2.45) is 0 Å². The van der Waals surface area contributed by atoms with Crippen LogP contribution in [0.4, 0.5) is 5.69 Å². The first-order valence-corrected chi connectivity index (χ1v) is 16.5. The zero-order valence-electron chi connectivity index (χ0n) is 28.5. The number of likely N-dealkylation sites (N-methyl/N-ethyl adjacent to an activating group) is 2. The fraction of sp³-hybridized carbons (Fsp3) is 0.385. The van der Waals surface area contributed by atoms with Gasteiger partial charge in [-0.3, -0.25) is 9.80 Å². The van der Waals surface area contributed by atoms with Crippen LogP contribution < -0.4 is 29.0 Å². The molecule has 0 spiro atoms. The maximum Gasteiger partial charge on any atom is 0.204 e. The molecular weight excluding hydrogens is 590 g/mol. The highest BCUT2D eigenvalue weighted by Gasteiger charge is 2.35. The summed E-state index contributed by atoms with van der Waals surface area (Å²) >= 11 is 0. The van der Waals surface area contributed by atoms with E-state index in [1.807, 2.05) is 13.1 Å². The Kier molecular flexibility index (Phi) is 8.41. The maximum absolute atomic E-state index is 7.10. The number of hydrogen-bond acceptors (Lipinski definition) is 8. The van der Waals surface area contributed by atoms with E-state index in [0.29, 0.717) is 35.2 Å². The van der Waals surface area contributed by atoms with E-state index < -0.39 is 0 Å². The quantitative estimate of drug-likeness (QED) is 0.247. The normalized spacial score (nSPS) is 19.0. The average molecular weight is 636 g/mol. The first-order valence-electron chi connectivity index (χ1n) is 16.5. The molecule has 0 saturated heterocycles. The van der Waals surface area contributed by atoms with Gasteiger partial charge in [-0.05, 0) is 110 Å². The second kappa shape index (κ2) is 12.7. The fourth-order valence-corrected chi connectivity index (χ4v) is 7.59. The average Bonchev–Trinajstić information content (AvgIpc) is 3.08. The number of methoxy groups -OCH3 is 3. The van der Waals surface area contributed by atoms with Gasteiger partial charge in [0.2, 0.25) is 5.75 Å². The summed E-state index contributed by atoms with van der Waals surface area (Å²) in [7, 11) is 11.4. The zero-order valence-corrected chi connectivity index (χ0v) is 28.5. The summed E-state index contributed by atoms with van der Waals surface area (Å²) in [5.74, 6) is 4.98. The molecular formula is C39H45N3O5. The lowest BCUT2D eigenvalue weighted by Gasteiger charge is -2.38. The topological polar surface area (TPSA) is 64.7 Å². The van der Waals surface area contributed by atoms with E-state index in [1.165, 1.54) is 22.3 Å². The maximum atomic E-state index is 7.10. The summed E-state index contributed by atoms with van der Waals surface area (Å²) in [5, 5.41) is 3.40. The summed E-state index contributed by atoms with van der Waals surface area (Å²) in [4.78, 5) is 4.87. The van der Waals surface area contributed by atoms with Crippen LogP contribution in [0.15, 0.2) is 54.6 Å². The van der Waals surface area contributed by atoms with E-state index in [2.05, 4.69) is 84.7 Å². The smallest absolute Gasteiger partial charge is 0.204 e.